The third-order valence-electron chi connectivity index (χ3n) is 4.19. The molecule has 2 aromatic rings. The molecule has 1 saturated heterocycles. The number of nitrogens with one attached hydrogen (secondary N) is 2. The van der Waals surface area contributed by atoms with E-state index < -0.39 is 0 Å². The Labute approximate surface area is 137 Å². The van der Waals surface area contributed by atoms with Crippen molar-refractivity contribution >= 4 is 32.8 Å². The second-order valence-electron chi connectivity index (χ2n) is 5.48. The topological polar surface area (TPSA) is 73.9 Å². The Bertz CT molecular complexity index is 745. The summed E-state index contributed by atoms with van der Waals surface area (Å²) in [5.41, 5.74) is 2.62. The molecule has 118 valence electrons. The summed E-state index contributed by atoms with van der Waals surface area (Å²) >= 11 is 3.30. The lowest BCUT2D eigenvalue weighted by Gasteiger charge is -2.38. The Morgan fingerprint density at radius 2 is 2.27 bits per heavy atom. The predicted octanol–water partition coefficient (Wildman–Crippen LogP) is 1.83. The van der Waals surface area contributed by atoms with Crippen LogP contribution in [0.25, 0.3) is 11.2 Å². The van der Waals surface area contributed by atoms with Crippen LogP contribution in [0.15, 0.2) is 15.6 Å². The van der Waals surface area contributed by atoms with Gasteiger partial charge in [0.1, 0.15) is 10.3 Å². The lowest BCUT2D eigenvalue weighted by molar-refractivity contribution is 0.464. The van der Waals surface area contributed by atoms with Crippen LogP contribution in [0.3, 0.4) is 0 Å². The SMILES string of the molecule is CCc1[nH]c2ncc(Br)nc2c(=O)c1N1CCNCC1CC. The normalized spacial score (nSPS) is 18.9. The first-order valence-corrected chi connectivity index (χ1v) is 8.49. The Kier molecular flexibility index (Phi) is 4.44. The minimum absolute atomic E-state index is 0.0280. The van der Waals surface area contributed by atoms with Crippen molar-refractivity contribution in [3.63, 3.8) is 0 Å². The third-order valence-corrected chi connectivity index (χ3v) is 4.57. The van der Waals surface area contributed by atoms with E-state index in [2.05, 4.69) is 54.9 Å². The number of aryl methyl sites for hydroxylation is 1. The van der Waals surface area contributed by atoms with Gasteiger partial charge >= 0.3 is 0 Å². The summed E-state index contributed by atoms with van der Waals surface area (Å²) in [6.07, 6.45) is 3.37. The fourth-order valence-corrected chi connectivity index (χ4v) is 3.33. The Morgan fingerprint density at radius 3 is 3.00 bits per heavy atom. The average Bonchev–Trinajstić information content (AvgIpc) is 2.55. The van der Waals surface area contributed by atoms with Gasteiger partial charge in [0.25, 0.3) is 0 Å². The summed E-state index contributed by atoms with van der Waals surface area (Å²) in [7, 11) is 0. The molecule has 1 atom stereocenters. The van der Waals surface area contributed by atoms with Crippen molar-refractivity contribution in [1.29, 1.82) is 0 Å². The van der Waals surface area contributed by atoms with E-state index in [4.69, 9.17) is 0 Å². The van der Waals surface area contributed by atoms with Gasteiger partial charge in [-0.1, -0.05) is 13.8 Å². The van der Waals surface area contributed by atoms with E-state index >= 15 is 0 Å². The van der Waals surface area contributed by atoms with Gasteiger partial charge < -0.3 is 15.2 Å². The van der Waals surface area contributed by atoms with Crippen LogP contribution in [0, 0.1) is 0 Å². The number of hydrogen-bond donors (Lipinski definition) is 2. The largest absolute Gasteiger partial charge is 0.361 e. The molecule has 2 N–H and O–H groups in total. The zero-order valence-corrected chi connectivity index (χ0v) is 14.4. The molecule has 0 radical (unpaired) electrons. The summed E-state index contributed by atoms with van der Waals surface area (Å²) in [4.78, 5) is 27.2. The van der Waals surface area contributed by atoms with Crippen LogP contribution < -0.4 is 15.6 Å². The van der Waals surface area contributed by atoms with E-state index in [9.17, 15) is 4.79 Å². The van der Waals surface area contributed by atoms with Gasteiger partial charge in [0, 0.05) is 31.4 Å². The molecule has 0 aliphatic carbocycles. The van der Waals surface area contributed by atoms with E-state index in [1.807, 2.05) is 0 Å². The predicted molar refractivity (Wildman–Crippen MR) is 91.5 cm³/mol. The van der Waals surface area contributed by atoms with Gasteiger partial charge in [0.2, 0.25) is 5.43 Å². The molecule has 3 heterocycles. The summed E-state index contributed by atoms with van der Waals surface area (Å²) in [5.74, 6) is 0. The average molecular weight is 366 g/mol. The van der Waals surface area contributed by atoms with Crippen LogP contribution in [0.5, 0.6) is 0 Å². The van der Waals surface area contributed by atoms with E-state index in [0.717, 1.165) is 43.9 Å². The van der Waals surface area contributed by atoms with Crippen LogP contribution in [0.2, 0.25) is 0 Å². The molecule has 0 amide bonds. The lowest BCUT2D eigenvalue weighted by Crippen LogP contribution is -2.52. The minimum atomic E-state index is -0.0280. The van der Waals surface area contributed by atoms with Gasteiger partial charge in [0.15, 0.2) is 11.2 Å². The van der Waals surface area contributed by atoms with Crippen LogP contribution >= 0.6 is 15.9 Å². The molecule has 0 aromatic carbocycles. The highest BCUT2D eigenvalue weighted by Gasteiger charge is 2.26. The van der Waals surface area contributed by atoms with Gasteiger partial charge in [-0.05, 0) is 28.8 Å². The fraction of sp³-hybridized carbons (Fsp3) is 0.533. The smallest absolute Gasteiger partial charge is 0.233 e. The molecule has 0 spiro atoms. The molecule has 1 aliphatic rings. The monoisotopic (exact) mass is 365 g/mol. The number of fused-ring (bicyclic) bond motifs is 1. The number of H-pyrrole nitrogens is 1. The standard InChI is InChI=1S/C15H20BrN5O/c1-3-9-7-17-5-6-21(9)13-10(4-2)19-15-12(14(13)22)20-11(16)8-18-15/h8-9,17H,3-7H2,1-2H3,(H,18,19,22). The number of piperazine rings is 1. The molecule has 1 aliphatic heterocycles. The van der Waals surface area contributed by atoms with Crippen molar-refractivity contribution in [1.82, 2.24) is 20.3 Å². The molecule has 22 heavy (non-hydrogen) atoms. The Balaban J connectivity index is 2.22. The van der Waals surface area contributed by atoms with Gasteiger partial charge in [-0.2, -0.15) is 0 Å². The number of halogens is 1. The Hall–Kier alpha value is -1.47. The molecular weight excluding hydrogens is 346 g/mol. The number of anilines is 1. The van der Waals surface area contributed by atoms with Crippen LogP contribution in [0.1, 0.15) is 26.0 Å². The minimum Gasteiger partial charge on any atom is -0.361 e. The second-order valence-corrected chi connectivity index (χ2v) is 6.30. The maximum absolute atomic E-state index is 13.0. The van der Waals surface area contributed by atoms with Gasteiger partial charge in [-0.25, -0.2) is 9.97 Å². The first-order valence-electron chi connectivity index (χ1n) is 7.70. The zero-order valence-electron chi connectivity index (χ0n) is 12.8. The first-order chi connectivity index (χ1) is 10.7. The molecule has 7 heteroatoms. The van der Waals surface area contributed by atoms with Crippen molar-refractivity contribution in [2.24, 2.45) is 0 Å². The van der Waals surface area contributed by atoms with Gasteiger partial charge in [-0.15, -0.1) is 0 Å². The maximum Gasteiger partial charge on any atom is 0.233 e. The first kappa shape index (κ1) is 15.4. The van der Waals surface area contributed by atoms with Crippen LogP contribution in [-0.2, 0) is 6.42 Å². The van der Waals surface area contributed by atoms with E-state index in [1.165, 1.54) is 0 Å². The van der Waals surface area contributed by atoms with Crippen LogP contribution in [0.4, 0.5) is 5.69 Å². The number of hydrogen-bond acceptors (Lipinski definition) is 5. The highest BCUT2D eigenvalue weighted by molar-refractivity contribution is 9.10. The van der Waals surface area contributed by atoms with Crippen molar-refractivity contribution in [2.75, 3.05) is 24.5 Å². The summed E-state index contributed by atoms with van der Waals surface area (Å²) in [6.45, 7) is 6.84. The van der Waals surface area contributed by atoms with E-state index in [0.29, 0.717) is 21.8 Å². The molecular formula is C15H20BrN5O. The third kappa shape index (κ3) is 2.63. The van der Waals surface area contributed by atoms with Crippen molar-refractivity contribution in [3.8, 4) is 0 Å². The molecule has 3 rings (SSSR count). The molecule has 0 saturated carbocycles. The van der Waals surface area contributed by atoms with Crippen molar-refractivity contribution < 1.29 is 0 Å². The maximum atomic E-state index is 13.0. The number of aromatic amines is 1. The van der Waals surface area contributed by atoms with Gasteiger partial charge in [-0.3, -0.25) is 4.79 Å². The van der Waals surface area contributed by atoms with E-state index in [-0.39, 0.29) is 5.43 Å². The number of rotatable bonds is 3. The van der Waals surface area contributed by atoms with Gasteiger partial charge in [0.05, 0.1) is 6.20 Å². The lowest BCUT2D eigenvalue weighted by atomic mass is 10.1. The number of nitrogens with zero attached hydrogens (tertiary/aromatic N) is 3. The molecule has 1 fully saturated rings. The Morgan fingerprint density at radius 1 is 1.45 bits per heavy atom. The molecule has 1 unspecified atom stereocenters. The second kappa shape index (κ2) is 6.34. The molecule has 0 bridgehead atoms. The summed E-state index contributed by atoms with van der Waals surface area (Å²) in [6, 6.07) is 0.331. The number of pyridine rings is 1. The summed E-state index contributed by atoms with van der Waals surface area (Å²) < 4.78 is 0.577. The number of aromatic nitrogens is 3. The highest BCUT2D eigenvalue weighted by atomic mass is 79.9. The van der Waals surface area contributed by atoms with E-state index in [1.54, 1.807) is 6.20 Å². The van der Waals surface area contributed by atoms with Crippen molar-refractivity contribution in [2.45, 2.75) is 32.7 Å². The van der Waals surface area contributed by atoms with Crippen LogP contribution in [-0.4, -0.2) is 40.6 Å². The highest BCUT2D eigenvalue weighted by Crippen LogP contribution is 2.22. The summed E-state index contributed by atoms with van der Waals surface area (Å²) in [5, 5.41) is 3.40. The molecule has 2 aromatic heterocycles. The fourth-order valence-electron chi connectivity index (χ4n) is 3.05. The quantitative estimate of drug-likeness (QED) is 0.867. The molecule has 6 nitrogen and oxygen atoms in total. The zero-order chi connectivity index (χ0) is 15.7. The van der Waals surface area contributed by atoms with Crippen molar-refractivity contribution in [3.05, 3.63) is 26.7 Å².